The lowest BCUT2D eigenvalue weighted by molar-refractivity contribution is -0.129. The maximum absolute atomic E-state index is 12.5. The van der Waals surface area contributed by atoms with Crippen LogP contribution in [0.2, 0.25) is 0 Å². The Bertz CT molecular complexity index is 774. The monoisotopic (exact) mass is 367 g/mol. The van der Waals surface area contributed by atoms with E-state index in [1.54, 1.807) is 18.0 Å². The van der Waals surface area contributed by atoms with Gasteiger partial charge in [0.05, 0.1) is 11.3 Å². The minimum atomic E-state index is -3.68. The standard InChI is InChI=1S/C17H25N3O4S/c1-12(2)11-20(13(3)21)8-7-18-25(23,24)15-5-6-16-14(9-15)10-17(22)19(16)4/h5-6,9,12,18H,7-8,10-11H2,1-4H3. The second-order valence-electron chi connectivity index (χ2n) is 6.68. The molecule has 1 N–H and O–H groups in total. The number of amides is 2. The molecule has 2 rings (SSSR count). The zero-order chi connectivity index (χ0) is 18.8. The van der Waals surface area contributed by atoms with Gasteiger partial charge < -0.3 is 9.80 Å². The molecule has 0 aliphatic carbocycles. The van der Waals surface area contributed by atoms with Crippen LogP contribution in [0, 0.1) is 5.92 Å². The predicted molar refractivity (Wildman–Crippen MR) is 95.8 cm³/mol. The molecule has 0 saturated carbocycles. The van der Waals surface area contributed by atoms with Gasteiger partial charge in [-0.3, -0.25) is 9.59 Å². The maximum Gasteiger partial charge on any atom is 0.240 e. The Morgan fingerprint density at radius 2 is 2.04 bits per heavy atom. The van der Waals surface area contributed by atoms with Gasteiger partial charge in [-0.2, -0.15) is 0 Å². The lowest BCUT2D eigenvalue weighted by atomic mass is 10.2. The van der Waals surface area contributed by atoms with E-state index >= 15 is 0 Å². The highest BCUT2D eigenvalue weighted by atomic mass is 32.2. The molecule has 25 heavy (non-hydrogen) atoms. The highest BCUT2D eigenvalue weighted by Crippen LogP contribution is 2.29. The fraction of sp³-hybridized carbons (Fsp3) is 0.529. The van der Waals surface area contributed by atoms with Crippen molar-refractivity contribution in [1.82, 2.24) is 9.62 Å². The number of carbonyl (C=O) groups excluding carboxylic acids is 2. The molecule has 0 radical (unpaired) electrons. The Morgan fingerprint density at radius 1 is 1.36 bits per heavy atom. The number of likely N-dealkylation sites (N-methyl/N-ethyl adjacent to an activating group) is 1. The number of hydrogen-bond acceptors (Lipinski definition) is 4. The Kier molecular flexibility index (Phi) is 5.84. The molecule has 1 heterocycles. The van der Waals surface area contributed by atoms with Gasteiger partial charge in [-0.05, 0) is 29.7 Å². The van der Waals surface area contributed by atoms with Gasteiger partial charge in [-0.25, -0.2) is 13.1 Å². The van der Waals surface area contributed by atoms with Crippen LogP contribution in [-0.2, 0) is 26.0 Å². The van der Waals surface area contributed by atoms with E-state index in [4.69, 9.17) is 0 Å². The zero-order valence-electron chi connectivity index (χ0n) is 15.1. The van der Waals surface area contributed by atoms with Crippen LogP contribution in [0.25, 0.3) is 0 Å². The van der Waals surface area contributed by atoms with E-state index < -0.39 is 10.0 Å². The molecule has 0 atom stereocenters. The van der Waals surface area contributed by atoms with Crippen LogP contribution in [0.3, 0.4) is 0 Å². The van der Waals surface area contributed by atoms with Crippen LogP contribution in [0.1, 0.15) is 26.3 Å². The number of sulfonamides is 1. The number of rotatable bonds is 7. The molecule has 0 fully saturated rings. The van der Waals surface area contributed by atoms with Crippen LogP contribution in [0.15, 0.2) is 23.1 Å². The van der Waals surface area contributed by atoms with E-state index in [0.29, 0.717) is 24.6 Å². The van der Waals surface area contributed by atoms with E-state index in [0.717, 1.165) is 5.69 Å². The molecule has 1 aromatic rings. The van der Waals surface area contributed by atoms with Crippen molar-refractivity contribution in [2.45, 2.75) is 32.1 Å². The molecule has 7 nitrogen and oxygen atoms in total. The average Bonchev–Trinajstić information content (AvgIpc) is 2.80. The molecule has 1 aliphatic rings. The molecule has 8 heteroatoms. The molecular weight excluding hydrogens is 342 g/mol. The largest absolute Gasteiger partial charge is 0.341 e. The summed E-state index contributed by atoms with van der Waals surface area (Å²) in [6.45, 7) is 6.53. The second kappa shape index (κ2) is 7.53. The quantitative estimate of drug-likeness (QED) is 0.779. The van der Waals surface area contributed by atoms with Gasteiger partial charge in [-0.1, -0.05) is 13.8 Å². The van der Waals surface area contributed by atoms with E-state index in [2.05, 4.69) is 4.72 Å². The molecule has 0 unspecified atom stereocenters. The number of nitrogens with zero attached hydrogens (tertiary/aromatic N) is 2. The number of nitrogens with one attached hydrogen (secondary N) is 1. The summed E-state index contributed by atoms with van der Waals surface area (Å²) in [4.78, 5) is 26.6. The summed E-state index contributed by atoms with van der Waals surface area (Å²) in [6, 6.07) is 4.68. The smallest absolute Gasteiger partial charge is 0.240 e. The summed E-state index contributed by atoms with van der Waals surface area (Å²) in [7, 11) is -2.01. The third-order valence-electron chi connectivity index (χ3n) is 4.14. The third kappa shape index (κ3) is 4.58. The molecule has 0 aromatic heterocycles. The number of benzene rings is 1. The first kappa shape index (κ1) is 19.4. The molecule has 1 aliphatic heterocycles. The number of anilines is 1. The number of carbonyl (C=O) groups is 2. The lowest BCUT2D eigenvalue weighted by Crippen LogP contribution is -2.39. The van der Waals surface area contributed by atoms with Gasteiger partial charge in [-0.15, -0.1) is 0 Å². The highest BCUT2D eigenvalue weighted by molar-refractivity contribution is 7.89. The highest BCUT2D eigenvalue weighted by Gasteiger charge is 2.26. The molecule has 1 aromatic carbocycles. The van der Waals surface area contributed by atoms with Gasteiger partial charge in [0.1, 0.15) is 0 Å². The van der Waals surface area contributed by atoms with Gasteiger partial charge >= 0.3 is 0 Å². The van der Waals surface area contributed by atoms with Crippen molar-refractivity contribution >= 4 is 27.5 Å². The first-order chi connectivity index (χ1) is 11.6. The van der Waals surface area contributed by atoms with Crippen LogP contribution in [0.4, 0.5) is 5.69 Å². The summed E-state index contributed by atoms with van der Waals surface area (Å²) in [5.74, 6) is 0.182. The van der Waals surface area contributed by atoms with E-state index in [9.17, 15) is 18.0 Å². The molecule has 0 spiro atoms. The molecule has 0 bridgehead atoms. The fourth-order valence-corrected chi connectivity index (χ4v) is 3.90. The van der Waals surface area contributed by atoms with Gasteiger partial charge in [0.25, 0.3) is 0 Å². The minimum absolute atomic E-state index is 0.0525. The third-order valence-corrected chi connectivity index (χ3v) is 5.60. The van der Waals surface area contributed by atoms with Crippen LogP contribution in [-0.4, -0.2) is 51.8 Å². The van der Waals surface area contributed by atoms with Crippen LogP contribution < -0.4 is 9.62 Å². The van der Waals surface area contributed by atoms with Crippen molar-refractivity contribution in [2.24, 2.45) is 5.92 Å². The Hall–Kier alpha value is -1.93. The van der Waals surface area contributed by atoms with Crippen molar-refractivity contribution in [3.05, 3.63) is 23.8 Å². The van der Waals surface area contributed by atoms with Crippen LogP contribution in [0.5, 0.6) is 0 Å². The zero-order valence-corrected chi connectivity index (χ0v) is 15.9. The Labute approximate surface area is 149 Å². The SMILES string of the molecule is CC(=O)N(CCNS(=O)(=O)c1ccc2c(c1)CC(=O)N2C)CC(C)C. The summed E-state index contributed by atoms with van der Waals surface area (Å²) in [6.07, 6.45) is 0.210. The number of fused-ring (bicyclic) bond motifs is 1. The van der Waals surface area contributed by atoms with Crippen molar-refractivity contribution in [3.8, 4) is 0 Å². The van der Waals surface area contributed by atoms with Crippen molar-refractivity contribution < 1.29 is 18.0 Å². The molecular formula is C17H25N3O4S. The summed E-state index contributed by atoms with van der Waals surface area (Å²) >= 11 is 0. The Balaban J connectivity index is 2.04. The first-order valence-electron chi connectivity index (χ1n) is 8.26. The first-order valence-corrected chi connectivity index (χ1v) is 9.75. The average molecular weight is 367 g/mol. The minimum Gasteiger partial charge on any atom is -0.341 e. The number of hydrogen-bond donors (Lipinski definition) is 1. The van der Waals surface area contributed by atoms with E-state index in [1.165, 1.54) is 24.0 Å². The topological polar surface area (TPSA) is 86.8 Å². The van der Waals surface area contributed by atoms with Crippen LogP contribution >= 0.6 is 0 Å². The normalized spacial score (nSPS) is 14.1. The van der Waals surface area contributed by atoms with Gasteiger partial charge in [0.2, 0.25) is 21.8 Å². The molecule has 2 amide bonds. The Morgan fingerprint density at radius 3 is 2.64 bits per heavy atom. The summed E-state index contributed by atoms with van der Waals surface area (Å²) in [5.41, 5.74) is 1.45. The van der Waals surface area contributed by atoms with Crippen molar-refractivity contribution in [3.63, 3.8) is 0 Å². The predicted octanol–water partition coefficient (Wildman–Crippen LogP) is 0.988. The second-order valence-corrected chi connectivity index (χ2v) is 8.44. The lowest BCUT2D eigenvalue weighted by Gasteiger charge is -2.23. The van der Waals surface area contributed by atoms with Crippen molar-refractivity contribution in [1.29, 1.82) is 0 Å². The van der Waals surface area contributed by atoms with Gasteiger partial charge in [0, 0.05) is 39.3 Å². The summed E-state index contributed by atoms with van der Waals surface area (Å²) < 4.78 is 27.4. The van der Waals surface area contributed by atoms with Crippen molar-refractivity contribution in [2.75, 3.05) is 31.6 Å². The molecule has 0 saturated heterocycles. The fourth-order valence-electron chi connectivity index (χ4n) is 2.83. The van der Waals surface area contributed by atoms with E-state index in [-0.39, 0.29) is 29.7 Å². The van der Waals surface area contributed by atoms with E-state index in [1.807, 2.05) is 13.8 Å². The maximum atomic E-state index is 12.5. The summed E-state index contributed by atoms with van der Waals surface area (Å²) in [5, 5.41) is 0. The van der Waals surface area contributed by atoms with Gasteiger partial charge in [0.15, 0.2) is 0 Å². The molecule has 138 valence electrons.